The third-order valence-electron chi connectivity index (χ3n) is 4.87. The van der Waals surface area contributed by atoms with E-state index in [1.54, 1.807) is 37.3 Å². The van der Waals surface area contributed by atoms with Gasteiger partial charge in [-0.25, -0.2) is 4.79 Å². The molecule has 0 saturated carbocycles. The van der Waals surface area contributed by atoms with Gasteiger partial charge in [-0.15, -0.1) is 0 Å². The van der Waals surface area contributed by atoms with Crippen molar-refractivity contribution in [2.24, 2.45) is 11.3 Å². The van der Waals surface area contributed by atoms with E-state index >= 15 is 0 Å². The number of carboxylic acids is 2. The van der Waals surface area contributed by atoms with Crippen molar-refractivity contribution in [1.29, 1.82) is 0 Å². The van der Waals surface area contributed by atoms with Crippen LogP contribution in [-0.4, -0.2) is 46.0 Å². The number of nitrogens with one attached hydrogen (secondary N) is 2. The van der Waals surface area contributed by atoms with Crippen molar-refractivity contribution >= 4 is 23.8 Å². The Labute approximate surface area is 170 Å². The zero-order valence-corrected chi connectivity index (χ0v) is 17.3. The Balaban J connectivity index is 2.91. The van der Waals surface area contributed by atoms with Crippen LogP contribution >= 0.6 is 0 Å². The fraction of sp³-hybridized carbons (Fsp3) is 0.524. The van der Waals surface area contributed by atoms with Gasteiger partial charge in [-0.05, 0) is 17.4 Å². The molecule has 1 aromatic rings. The van der Waals surface area contributed by atoms with Crippen molar-refractivity contribution in [2.75, 3.05) is 0 Å². The lowest BCUT2D eigenvalue weighted by Gasteiger charge is -2.28. The average Bonchev–Trinajstić information content (AvgIpc) is 2.63. The molecule has 0 aliphatic heterocycles. The Morgan fingerprint density at radius 1 is 0.931 bits per heavy atom. The monoisotopic (exact) mass is 406 g/mol. The Hall–Kier alpha value is -2.90. The molecule has 1 aromatic carbocycles. The summed E-state index contributed by atoms with van der Waals surface area (Å²) in [6.07, 6.45) is -0.403. The van der Waals surface area contributed by atoms with Crippen LogP contribution in [0, 0.1) is 11.3 Å². The first-order valence-corrected chi connectivity index (χ1v) is 9.51. The van der Waals surface area contributed by atoms with E-state index in [1.165, 1.54) is 0 Å². The fourth-order valence-corrected chi connectivity index (χ4v) is 2.55. The van der Waals surface area contributed by atoms with Crippen molar-refractivity contribution in [2.45, 2.75) is 59.0 Å². The van der Waals surface area contributed by atoms with Crippen LogP contribution in [-0.2, 0) is 25.6 Å². The standard InChI is InChI=1S/C21H30N2O6/c1-13(21(2,3)4)18(26)22-15(10-11-17(24)25)19(27)23-16(20(28)29)12-14-8-6-5-7-9-14/h5-9,13,15-16H,10-12H2,1-4H3,(H,22,26)(H,23,27)(H,24,25)(H,28,29)/t13-,15-,16-/m0/s1. The lowest BCUT2D eigenvalue weighted by molar-refractivity contribution is -0.143. The third kappa shape index (κ3) is 8.33. The van der Waals surface area contributed by atoms with Crippen LogP contribution in [0.1, 0.15) is 46.1 Å². The van der Waals surface area contributed by atoms with Gasteiger partial charge in [-0.1, -0.05) is 58.0 Å². The van der Waals surface area contributed by atoms with Gasteiger partial charge < -0.3 is 20.8 Å². The van der Waals surface area contributed by atoms with E-state index < -0.39 is 41.8 Å². The Morgan fingerprint density at radius 2 is 1.48 bits per heavy atom. The van der Waals surface area contributed by atoms with Gasteiger partial charge in [0.15, 0.2) is 0 Å². The molecule has 0 bridgehead atoms. The lowest BCUT2D eigenvalue weighted by Crippen LogP contribution is -2.53. The molecule has 160 valence electrons. The molecule has 2 amide bonds. The second kappa shape index (κ2) is 10.6. The number of hydrogen-bond acceptors (Lipinski definition) is 4. The minimum atomic E-state index is -1.21. The Bertz CT molecular complexity index is 726. The molecule has 0 aliphatic rings. The van der Waals surface area contributed by atoms with Crippen molar-refractivity contribution in [1.82, 2.24) is 10.6 Å². The predicted molar refractivity (Wildman–Crippen MR) is 107 cm³/mol. The summed E-state index contributed by atoms with van der Waals surface area (Å²) in [5, 5.41) is 23.4. The van der Waals surface area contributed by atoms with E-state index in [4.69, 9.17) is 5.11 Å². The number of carboxylic acid groups (broad SMARTS) is 2. The summed E-state index contributed by atoms with van der Waals surface area (Å²) in [7, 11) is 0. The van der Waals surface area contributed by atoms with Crippen LogP contribution in [0.5, 0.6) is 0 Å². The highest BCUT2D eigenvalue weighted by Gasteiger charge is 2.32. The van der Waals surface area contributed by atoms with E-state index in [-0.39, 0.29) is 24.7 Å². The molecule has 0 heterocycles. The molecule has 8 heteroatoms. The first-order valence-electron chi connectivity index (χ1n) is 9.51. The van der Waals surface area contributed by atoms with Crippen LogP contribution in [0.25, 0.3) is 0 Å². The van der Waals surface area contributed by atoms with Crippen LogP contribution in [0.15, 0.2) is 30.3 Å². The second-order valence-corrected chi connectivity index (χ2v) is 8.17. The summed E-state index contributed by atoms with van der Waals surface area (Å²) >= 11 is 0. The smallest absolute Gasteiger partial charge is 0.326 e. The molecule has 0 unspecified atom stereocenters. The first kappa shape index (κ1) is 24.1. The van der Waals surface area contributed by atoms with Crippen LogP contribution in [0.4, 0.5) is 0 Å². The molecule has 0 radical (unpaired) electrons. The zero-order valence-electron chi connectivity index (χ0n) is 17.3. The molecular formula is C21H30N2O6. The van der Waals surface area contributed by atoms with Gasteiger partial charge in [0.05, 0.1) is 0 Å². The highest BCUT2D eigenvalue weighted by Crippen LogP contribution is 2.25. The summed E-state index contributed by atoms with van der Waals surface area (Å²) in [5.74, 6) is -3.86. The van der Waals surface area contributed by atoms with Crippen molar-refractivity contribution < 1.29 is 29.4 Å². The minimum absolute atomic E-state index is 0.0693. The predicted octanol–water partition coefficient (Wildman–Crippen LogP) is 1.83. The molecule has 0 aromatic heterocycles. The summed E-state index contributed by atoms with van der Waals surface area (Å²) in [5.41, 5.74) is 0.377. The number of carbonyl (C=O) groups excluding carboxylic acids is 2. The molecule has 29 heavy (non-hydrogen) atoms. The number of hydrogen-bond donors (Lipinski definition) is 4. The van der Waals surface area contributed by atoms with Crippen LogP contribution in [0.2, 0.25) is 0 Å². The number of carbonyl (C=O) groups is 4. The minimum Gasteiger partial charge on any atom is -0.481 e. The maximum Gasteiger partial charge on any atom is 0.326 e. The molecule has 8 nitrogen and oxygen atoms in total. The van der Waals surface area contributed by atoms with Gasteiger partial charge in [0.1, 0.15) is 12.1 Å². The number of aliphatic carboxylic acids is 2. The van der Waals surface area contributed by atoms with E-state index in [0.29, 0.717) is 0 Å². The van der Waals surface area contributed by atoms with E-state index in [1.807, 2.05) is 20.8 Å². The van der Waals surface area contributed by atoms with Crippen molar-refractivity contribution in [3.05, 3.63) is 35.9 Å². The zero-order chi connectivity index (χ0) is 22.2. The van der Waals surface area contributed by atoms with E-state index in [9.17, 15) is 24.3 Å². The normalized spacial score (nSPS) is 14.3. The lowest BCUT2D eigenvalue weighted by atomic mass is 9.81. The summed E-state index contributed by atoms with van der Waals surface area (Å²) in [6.45, 7) is 7.36. The SMILES string of the molecule is C[C@@H](C(=O)N[C@@H](CCC(=O)O)C(=O)N[C@@H](Cc1ccccc1)C(=O)O)C(C)(C)C. The molecule has 3 atom stereocenters. The maximum absolute atomic E-state index is 12.7. The largest absolute Gasteiger partial charge is 0.481 e. The third-order valence-corrected chi connectivity index (χ3v) is 4.87. The number of benzene rings is 1. The van der Waals surface area contributed by atoms with Crippen LogP contribution < -0.4 is 10.6 Å². The maximum atomic E-state index is 12.7. The van der Waals surface area contributed by atoms with Crippen LogP contribution in [0.3, 0.4) is 0 Å². The van der Waals surface area contributed by atoms with E-state index in [2.05, 4.69) is 10.6 Å². The molecule has 0 saturated heterocycles. The Kier molecular flexibility index (Phi) is 8.82. The topological polar surface area (TPSA) is 133 Å². The summed E-state index contributed by atoms with van der Waals surface area (Å²) in [6, 6.07) is 6.48. The van der Waals surface area contributed by atoms with Gasteiger partial charge in [-0.3, -0.25) is 14.4 Å². The number of rotatable bonds is 10. The van der Waals surface area contributed by atoms with E-state index in [0.717, 1.165) is 5.56 Å². The number of amides is 2. The average molecular weight is 406 g/mol. The molecule has 0 aliphatic carbocycles. The quantitative estimate of drug-likeness (QED) is 0.469. The highest BCUT2D eigenvalue weighted by molar-refractivity contribution is 5.91. The van der Waals surface area contributed by atoms with Crippen molar-refractivity contribution in [3.8, 4) is 0 Å². The molecule has 1 rings (SSSR count). The van der Waals surface area contributed by atoms with Crippen molar-refractivity contribution in [3.63, 3.8) is 0 Å². The molecular weight excluding hydrogens is 376 g/mol. The van der Waals surface area contributed by atoms with Gasteiger partial charge in [-0.2, -0.15) is 0 Å². The molecule has 0 fully saturated rings. The second-order valence-electron chi connectivity index (χ2n) is 8.17. The van der Waals surface area contributed by atoms with Gasteiger partial charge in [0, 0.05) is 18.8 Å². The molecule has 0 spiro atoms. The molecule has 4 N–H and O–H groups in total. The first-order chi connectivity index (χ1) is 13.4. The summed E-state index contributed by atoms with van der Waals surface area (Å²) in [4.78, 5) is 47.7. The van der Waals surface area contributed by atoms with Gasteiger partial charge >= 0.3 is 11.9 Å². The Morgan fingerprint density at radius 3 is 1.97 bits per heavy atom. The fourth-order valence-electron chi connectivity index (χ4n) is 2.55. The summed E-state index contributed by atoms with van der Waals surface area (Å²) < 4.78 is 0. The highest BCUT2D eigenvalue weighted by atomic mass is 16.4. The van der Waals surface area contributed by atoms with Gasteiger partial charge in [0.2, 0.25) is 11.8 Å². The van der Waals surface area contributed by atoms with Gasteiger partial charge in [0.25, 0.3) is 0 Å².